The molecule has 0 saturated heterocycles. The second-order valence-corrected chi connectivity index (χ2v) is 10.4. The van der Waals surface area contributed by atoms with Gasteiger partial charge in [0.25, 0.3) is 5.91 Å². The van der Waals surface area contributed by atoms with E-state index >= 15 is 0 Å². The molecule has 0 aliphatic carbocycles. The van der Waals surface area contributed by atoms with Gasteiger partial charge in [-0.1, -0.05) is 43.6 Å². The van der Waals surface area contributed by atoms with Crippen LogP contribution in [0, 0.1) is 18.8 Å². The predicted octanol–water partition coefficient (Wildman–Crippen LogP) is 5.95. The Hall–Kier alpha value is -2.38. The highest BCUT2D eigenvalue weighted by Crippen LogP contribution is 2.27. The summed E-state index contributed by atoms with van der Waals surface area (Å²) in [5, 5.41) is 3.46. The van der Waals surface area contributed by atoms with Crippen LogP contribution in [0.3, 0.4) is 0 Å². The van der Waals surface area contributed by atoms with E-state index in [2.05, 4.69) is 66.5 Å². The van der Waals surface area contributed by atoms with Gasteiger partial charge in [0.15, 0.2) is 0 Å². The Morgan fingerprint density at radius 3 is 2.42 bits per heavy atom. The number of imidazole rings is 1. The van der Waals surface area contributed by atoms with E-state index in [9.17, 15) is 4.79 Å². The third-order valence-electron chi connectivity index (χ3n) is 5.45. The summed E-state index contributed by atoms with van der Waals surface area (Å²) in [4.78, 5) is 20.2. The van der Waals surface area contributed by atoms with Gasteiger partial charge in [-0.25, -0.2) is 4.98 Å². The number of nitrogens with two attached hydrogens (primary N) is 1. The summed E-state index contributed by atoms with van der Waals surface area (Å²) < 4.78 is 3.20. The number of anilines is 2. The molecule has 0 atom stereocenters. The molecular formula is C26H36BrN5O. The molecule has 0 bridgehead atoms. The lowest BCUT2D eigenvalue weighted by Crippen LogP contribution is -2.37. The summed E-state index contributed by atoms with van der Waals surface area (Å²) in [6, 6.07) is 12.0. The van der Waals surface area contributed by atoms with Crippen molar-refractivity contribution in [1.29, 1.82) is 0 Å². The van der Waals surface area contributed by atoms with Crippen LogP contribution in [-0.4, -0.2) is 40.0 Å². The minimum atomic E-state index is 0.0731. The molecule has 3 rings (SSSR count). The molecule has 178 valence electrons. The summed E-state index contributed by atoms with van der Waals surface area (Å²) in [6.07, 6.45) is 0.824. The molecule has 0 aliphatic rings. The summed E-state index contributed by atoms with van der Waals surface area (Å²) in [6.45, 7) is 13.5. The Balaban J connectivity index is 1.99. The SMILES string of the molecule is Cc1cc(Nc2nc3ccc(C(=O)N(CC(C)C)CC(C)C)cc3n2CCCN)ccc1Br. The molecule has 1 aromatic heterocycles. The number of fused-ring (bicyclic) bond motifs is 1. The third kappa shape index (κ3) is 6.36. The van der Waals surface area contributed by atoms with Crippen molar-refractivity contribution >= 4 is 44.5 Å². The number of halogens is 1. The number of aryl methyl sites for hydroxylation is 2. The Kier molecular flexibility index (Phi) is 8.54. The number of aromatic nitrogens is 2. The molecule has 0 fully saturated rings. The number of benzene rings is 2. The van der Waals surface area contributed by atoms with Crippen LogP contribution >= 0.6 is 15.9 Å². The second-order valence-electron chi connectivity index (χ2n) is 9.52. The van der Waals surface area contributed by atoms with Crippen molar-refractivity contribution in [3.05, 3.63) is 52.0 Å². The van der Waals surface area contributed by atoms with Crippen LogP contribution in [-0.2, 0) is 6.54 Å². The maximum absolute atomic E-state index is 13.4. The molecule has 0 saturated carbocycles. The Labute approximate surface area is 205 Å². The zero-order valence-electron chi connectivity index (χ0n) is 20.4. The molecule has 6 nitrogen and oxygen atoms in total. The lowest BCUT2D eigenvalue weighted by molar-refractivity contribution is 0.0715. The zero-order valence-corrected chi connectivity index (χ0v) is 21.9. The third-order valence-corrected chi connectivity index (χ3v) is 6.34. The van der Waals surface area contributed by atoms with Crippen LogP contribution in [0.4, 0.5) is 11.6 Å². The van der Waals surface area contributed by atoms with Crippen LogP contribution in [0.5, 0.6) is 0 Å². The zero-order chi connectivity index (χ0) is 24.1. The second kappa shape index (κ2) is 11.2. The Morgan fingerprint density at radius 1 is 1.12 bits per heavy atom. The number of hydrogen-bond acceptors (Lipinski definition) is 4. The maximum Gasteiger partial charge on any atom is 0.253 e. The van der Waals surface area contributed by atoms with Crippen molar-refractivity contribution in [2.45, 2.75) is 47.6 Å². The van der Waals surface area contributed by atoms with E-state index in [-0.39, 0.29) is 5.91 Å². The molecule has 0 unspecified atom stereocenters. The highest BCUT2D eigenvalue weighted by atomic mass is 79.9. The van der Waals surface area contributed by atoms with Gasteiger partial charge in [-0.05, 0) is 73.7 Å². The van der Waals surface area contributed by atoms with Crippen molar-refractivity contribution in [2.75, 3.05) is 25.0 Å². The quantitative estimate of drug-likeness (QED) is 0.350. The van der Waals surface area contributed by atoms with E-state index in [0.29, 0.717) is 23.9 Å². The number of nitrogens with zero attached hydrogens (tertiary/aromatic N) is 3. The number of nitrogens with one attached hydrogen (secondary N) is 1. The lowest BCUT2D eigenvalue weighted by atomic mass is 10.1. The minimum Gasteiger partial charge on any atom is -0.338 e. The molecule has 3 aromatic rings. The van der Waals surface area contributed by atoms with Crippen LogP contribution in [0.2, 0.25) is 0 Å². The normalized spacial score (nSPS) is 11.5. The fourth-order valence-corrected chi connectivity index (χ4v) is 4.23. The molecule has 7 heteroatoms. The number of carbonyl (C=O) groups excluding carboxylic acids is 1. The number of amides is 1. The highest BCUT2D eigenvalue weighted by molar-refractivity contribution is 9.10. The van der Waals surface area contributed by atoms with Gasteiger partial charge in [0, 0.05) is 35.4 Å². The van der Waals surface area contributed by atoms with Gasteiger partial charge in [0.2, 0.25) is 5.95 Å². The smallest absolute Gasteiger partial charge is 0.253 e. The molecule has 0 spiro atoms. The largest absolute Gasteiger partial charge is 0.338 e. The number of rotatable bonds is 10. The molecule has 33 heavy (non-hydrogen) atoms. The highest BCUT2D eigenvalue weighted by Gasteiger charge is 2.20. The van der Waals surface area contributed by atoms with Gasteiger partial charge in [0.1, 0.15) is 0 Å². The molecule has 1 amide bonds. The first-order valence-corrected chi connectivity index (χ1v) is 12.5. The summed E-state index contributed by atoms with van der Waals surface area (Å²) in [7, 11) is 0. The fraction of sp³-hybridized carbons (Fsp3) is 0.462. The number of carbonyl (C=O) groups is 1. The van der Waals surface area contributed by atoms with E-state index in [4.69, 9.17) is 10.7 Å². The van der Waals surface area contributed by atoms with Crippen LogP contribution in [0.15, 0.2) is 40.9 Å². The molecular weight excluding hydrogens is 478 g/mol. The van der Waals surface area contributed by atoms with Gasteiger partial charge >= 0.3 is 0 Å². The van der Waals surface area contributed by atoms with E-state index in [0.717, 1.165) is 58.8 Å². The van der Waals surface area contributed by atoms with E-state index in [1.807, 2.05) is 35.2 Å². The molecule has 3 N–H and O–H groups in total. The van der Waals surface area contributed by atoms with Crippen LogP contribution < -0.4 is 11.1 Å². The van der Waals surface area contributed by atoms with Crippen molar-refractivity contribution in [3.63, 3.8) is 0 Å². The van der Waals surface area contributed by atoms with Crippen LogP contribution in [0.25, 0.3) is 11.0 Å². The lowest BCUT2D eigenvalue weighted by Gasteiger charge is -2.26. The minimum absolute atomic E-state index is 0.0731. The first kappa shape index (κ1) is 25.2. The van der Waals surface area contributed by atoms with Gasteiger partial charge in [-0.2, -0.15) is 0 Å². The van der Waals surface area contributed by atoms with Gasteiger partial charge in [-0.15, -0.1) is 0 Å². The Bertz CT molecular complexity index is 1100. The maximum atomic E-state index is 13.4. The van der Waals surface area contributed by atoms with E-state index in [1.54, 1.807) is 0 Å². The van der Waals surface area contributed by atoms with Crippen molar-refractivity contribution in [3.8, 4) is 0 Å². The van der Waals surface area contributed by atoms with Crippen molar-refractivity contribution in [1.82, 2.24) is 14.5 Å². The predicted molar refractivity (Wildman–Crippen MR) is 141 cm³/mol. The van der Waals surface area contributed by atoms with E-state index in [1.165, 1.54) is 0 Å². The summed E-state index contributed by atoms with van der Waals surface area (Å²) in [5.41, 5.74) is 10.4. The van der Waals surface area contributed by atoms with Gasteiger partial charge in [-0.3, -0.25) is 4.79 Å². The molecule has 2 aromatic carbocycles. The van der Waals surface area contributed by atoms with Crippen molar-refractivity contribution in [2.24, 2.45) is 17.6 Å². The molecule has 0 radical (unpaired) electrons. The van der Waals surface area contributed by atoms with Gasteiger partial charge in [0.05, 0.1) is 11.0 Å². The average Bonchev–Trinajstić information content (AvgIpc) is 3.09. The monoisotopic (exact) mass is 513 g/mol. The first-order chi connectivity index (χ1) is 15.7. The van der Waals surface area contributed by atoms with Crippen molar-refractivity contribution < 1.29 is 4.79 Å². The Morgan fingerprint density at radius 2 is 1.82 bits per heavy atom. The molecule has 1 heterocycles. The average molecular weight is 515 g/mol. The standard InChI is InChI=1S/C26H36BrN5O/c1-17(2)15-31(16-18(3)4)25(33)20-7-10-23-24(14-20)32(12-6-11-28)26(30-23)29-21-8-9-22(27)19(5)13-21/h7-10,13-14,17-18H,6,11-12,15-16,28H2,1-5H3,(H,29,30). The summed E-state index contributed by atoms with van der Waals surface area (Å²) >= 11 is 3.56. The first-order valence-electron chi connectivity index (χ1n) is 11.7. The topological polar surface area (TPSA) is 76.2 Å². The fourth-order valence-electron chi connectivity index (χ4n) is 3.98. The molecule has 0 aliphatic heterocycles. The van der Waals surface area contributed by atoms with Crippen LogP contribution in [0.1, 0.15) is 50.0 Å². The summed E-state index contributed by atoms with van der Waals surface area (Å²) in [5.74, 6) is 1.66. The van der Waals surface area contributed by atoms with E-state index < -0.39 is 0 Å². The van der Waals surface area contributed by atoms with Gasteiger partial charge < -0.3 is 20.5 Å². The number of hydrogen-bond donors (Lipinski definition) is 2.